The SMILES string of the molecule is CC(=O)NC1CCC(NC[C@@H](O)[C@H](Cc2cc(F)cc(F)c2)NC(C)=O)(c2cccc(C(C)(C)C)c2)CC1. The van der Waals surface area contributed by atoms with Crippen LogP contribution >= 0.6 is 0 Å². The quantitative estimate of drug-likeness (QED) is 0.391. The maximum atomic E-state index is 13.8. The second-order valence-electron chi connectivity index (χ2n) is 11.6. The summed E-state index contributed by atoms with van der Waals surface area (Å²) in [6.07, 6.45) is 2.12. The largest absolute Gasteiger partial charge is 0.390 e. The molecule has 6 nitrogen and oxygen atoms in total. The normalized spacial score (nSPS) is 21.4. The van der Waals surface area contributed by atoms with Gasteiger partial charge in [0.1, 0.15) is 11.6 Å². The Hall–Kier alpha value is -2.84. The molecule has 0 aliphatic heterocycles. The third kappa shape index (κ3) is 8.08. The molecule has 2 aromatic rings. The van der Waals surface area contributed by atoms with E-state index in [0.29, 0.717) is 5.56 Å². The predicted octanol–water partition coefficient (Wildman–Crippen LogP) is 4.23. The van der Waals surface area contributed by atoms with Crippen molar-refractivity contribution < 1.29 is 23.5 Å². The van der Waals surface area contributed by atoms with E-state index < -0.39 is 29.3 Å². The van der Waals surface area contributed by atoms with E-state index >= 15 is 0 Å². The molecule has 1 aliphatic carbocycles. The second-order valence-corrected chi connectivity index (χ2v) is 11.6. The van der Waals surface area contributed by atoms with Crippen LogP contribution in [0.4, 0.5) is 8.78 Å². The number of hydrogen-bond donors (Lipinski definition) is 4. The van der Waals surface area contributed by atoms with Crippen LogP contribution in [0.5, 0.6) is 0 Å². The van der Waals surface area contributed by atoms with Crippen LogP contribution in [-0.4, -0.2) is 41.7 Å². The molecule has 4 N–H and O–H groups in total. The van der Waals surface area contributed by atoms with E-state index in [4.69, 9.17) is 0 Å². The van der Waals surface area contributed by atoms with Gasteiger partial charge in [-0.05, 0) is 66.3 Å². The Morgan fingerprint density at radius 3 is 2.21 bits per heavy atom. The standard InChI is InChI=1S/C30H41F2N3O3/c1-19(36)34-26-9-11-30(12-10-26,23-8-6-7-22(16-23)29(3,4)5)33-18-28(38)27(35-20(2)37)15-21-13-24(31)17-25(32)14-21/h6-8,13-14,16-17,26-28,33,38H,9-12,15,18H2,1-5H3,(H,34,36)(H,35,37)/t26?,27-,28+,30?/m0/s1. The summed E-state index contributed by atoms with van der Waals surface area (Å²) in [5, 5.41) is 20.6. The van der Waals surface area contributed by atoms with E-state index in [1.165, 1.54) is 31.5 Å². The highest BCUT2D eigenvalue weighted by molar-refractivity contribution is 5.73. The van der Waals surface area contributed by atoms with Crippen LogP contribution < -0.4 is 16.0 Å². The molecule has 0 bridgehead atoms. The first-order valence-electron chi connectivity index (χ1n) is 13.3. The molecule has 2 atom stereocenters. The third-order valence-corrected chi connectivity index (χ3v) is 7.41. The van der Waals surface area contributed by atoms with Gasteiger partial charge >= 0.3 is 0 Å². The number of aliphatic hydroxyl groups excluding tert-OH is 1. The van der Waals surface area contributed by atoms with Crippen LogP contribution in [0.3, 0.4) is 0 Å². The number of aliphatic hydroxyl groups is 1. The minimum absolute atomic E-state index is 0.0408. The van der Waals surface area contributed by atoms with Crippen LogP contribution in [0.25, 0.3) is 0 Å². The molecule has 2 amide bonds. The maximum absolute atomic E-state index is 13.8. The van der Waals surface area contributed by atoms with Gasteiger partial charge in [0.2, 0.25) is 11.8 Å². The Bertz CT molecular complexity index is 1100. The lowest BCUT2D eigenvalue weighted by molar-refractivity contribution is -0.121. The summed E-state index contributed by atoms with van der Waals surface area (Å²) in [4.78, 5) is 23.5. The molecule has 1 fully saturated rings. The zero-order valence-electron chi connectivity index (χ0n) is 23.0. The molecule has 0 saturated heterocycles. The van der Waals surface area contributed by atoms with Gasteiger partial charge in [-0.1, -0.05) is 45.0 Å². The summed E-state index contributed by atoms with van der Waals surface area (Å²) < 4.78 is 27.5. The van der Waals surface area contributed by atoms with E-state index in [0.717, 1.165) is 37.3 Å². The Labute approximate surface area is 224 Å². The van der Waals surface area contributed by atoms with Gasteiger partial charge in [0.05, 0.1) is 12.1 Å². The third-order valence-electron chi connectivity index (χ3n) is 7.41. The molecule has 8 heteroatoms. The smallest absolute Gasteiger partial charge is 0.217 e. The average Bonchev–Trinajstić information content (AvgIpc) is 2.81. The monoisotopic (exact) mass is 529 g/mol. The Morgan fingerprint density at radius 2 is 1.66 bits per heavy atom. The van der Waals surface area contributed by atoms with Gasteiger partial charge in [-0.25, -0.2) is 8.78 Å². The Balaban J connectivity index is 1.84. The van der Waals surface area contributed by atoms with Crippen molar-refractivity contribution in [3.8, 4) is 0 Å². The van der Waals surface area contributed by atoms with E-state index in [9.17, 15) is 23.5 Å². The summed E-state index contributed by atoms with van der Waals surface area (Å²) in [7, 11) is 0. The molecule has 0 radical (unpaired) electrons. The number of hydrogen-bond acceptors (Lipinski definition) is 4. The Morgan fingerprint density at radius 1 is 1.03 bits per heavy atom. The zero-order chi connectivity index (χ0) is 28.1. The molecule has 1 aliphatic rings. The van der Waals surface area contributed by atoms with Crippen molar-refractivity contribution in [2.75, 3.05) is 6.54 Å². The molecule has 3 rings (SSSR count). The fourth-order valence-corrected chi connectivity index (χ4v) is 5.36. The van der Waals surface area contributed by atoms with Gasteiger partial charge in [0.25, 0.3) is 0 Å². The van der Waals surface area contributed by atoms with Gasteiger partial charge in [-0.15, -0.1) is 0 Å². The molecular weight excluding hydrogens is 488 g/mol. The summed E-state index contributed by atoms with van der Waals surface area (Å²) in [5.41, 5.74) is 2.18. The van der Waals surface area contributed by atoms with E-state index in [-0.39, 0.29) is 36.2 Å². The van der Waals surface area contributed by atoms with Crippen molar-refractivity contribution in [1.29, 1.82) is 0 Å². The fourth-order valence-electron chi connectivity index (χ4n) is 5.36. The summed E-state index contributed by atoms with van der Waals surface area (Å²) >= 11 is 0. The second kappa shape index (κ2) is 12.3. The number of halogens is 2. The van der Waals surface area contributed by atoms with Gasteiger partial charge in [0, 0.05) is 38.0 Å². The van der Waals surface area contributed by atoms with Crippen LogP contribution in [0.2, 0.25) is 0 Å². The van der Waals surface area contributed by atoms with Crippen molar-refractivity contribution in [1.82, 2.24) is 16.0 Å². The highest BCUT2D eigenvalue weighted by atomic mass is 19.1. The number of amides is 2. The van der Waals surface area contributed by atoms with E-state index in [1.54, 1.807) is 0 Å². The highest BCUT2D eigenvalue weighted by Gasteiger charge is 2.38. The molecule has 0 aromatic heterocycles. The molecular formula is C30H41F2N3O3. The first-order chi connectivity index (χ1) is 17.8. The number of rotatable bonds is 9. The summed E-state index contributed by atoms with van der Waals surface area (Å²) in [6, 6.07) is 11.0. The van der Waals surface area contributed by atoms with Crippen LogP contribution in [0, 0.1) is 11.6 Å². The first kappa shape index (κ1) is 29.7. The van der Waals surface area contributed by atoms with Gasteiger partial charge < -0.3 is 21.1 Å². The molecule has 2 aromatic carbocycles. The molecule has 208 valence electrons. The van der Waals surface area contributed by atoms with Crippen molar-refractivity contribution in [2.24, 2.45) is 0 Å². The van der Waals surface area contributed by atoms with Crippen LogP contribution in [-0.2, 0) is 27.0 Å². The van der Waals surface area contributed by atoms with Gasteiger partial charge in [0.15, 0.2) is 0 Å². The fraction of sp³-hybridized carbons (Fsp3) is 0.533. The van der Waals surface area contributed by atoms with Crippen LogP contribution in [0.15, 0.2) is 42.5 Å². The van der Waals surface area contributed by atoms with Crippen molar-refractivity contribution in [3.05, 3.63) is 70.8 Å². The molecule has 0 spiro atoms. The van der Waals surface area contributed by atoms with Crippen LogP contribution in [0.1, 0.15) is 77.0 Å². The van der Waals surface area contributed by atoms with Crippen molar-refractivity contribution >= 4 is 11.8 Å². The molecule has 0 heterocycles. The van der Waals surface area contributed by atoms with E-state index in [1.807, 2.05) is 6.07 Å². The molecule has 0 unspecified atom stereocenters. The summed E-state index contributed by atoms with van der Waals surface area (Å²) in [5.74, 6) is -1.80. The van der Waals surface area contributed by atoms with Crippen molar-refractivity contribution in [2.45, 2.75) is 95.9 Å². The topological polar surface area (TPSA) is 90.5 Å². The number of benzene rings is 2. The van der Waals surface area contributed by atoms with E-state index in [2.05, 4.69) is 54.9 Å². The lowest BCUT2D eigenvalue weighted by Crippen LogP contribution is -2.54. The maximum Gasteiger partial charge on any atom is 0.217 e. The van der Waals surface area contributed by atoms with Gasteiger partial charge in [-0.2, -0.15) is 0 Å². The lowest BCUT2D eigenvalue weighted by atomic mass is 9.73. The van der Waals surface area contributed by atoms with Crippen molar-refractivity contribution in [3.63, 3.8) is 0 Å². The number of carbonyl (C=O) groups excluding carboxylic acids is 2. The minimum Gasteiger partial charge on any atom is -0.390 e. The summed E-state index contributed by atoms with van der Waals surface area (Å²) in [6.45, 7) is 9.52. The number of carbonyl (C=O) groups is 2. The average molecular weight is 530 g/mol. The number of nitrogens with one attached hydrogen (secondary N) is 3. The molecule has 38 heavy (non-hydrogen) atoms. The zero-order valence-corrected chi connectivity index (χ0v) is 23.0. The van der Waals surface area contributed by atoms with Gasteiger partial charge in [-0.3, -0.25) is 9.59 Å². The highest BCUT2D eigenvalue weighted by Crippen LogP contribution is 2.39. The predicted molar refractivity (Wildman–Crippen MR) is 145 cm³/mol. The molecule has 1 saturated carbocycles. The first-order valence-corrected chi connectivity index (χ1v) is 13.3. The Kier molecular flexibility index (Phi) is 9.65. The minimum atomic E-state index is -1.01. The lowest BCUT2D eigenvalue weighted by Gasteiger charge is -2.43.